The lowest BCUT2D eigenvalue weighted by atomic mass is 10.0. The molecule has 0 aliphatic carbocycles. The van der Waals surface area contributed by atoms with E-state index in [9.17, 15) is 0 Å². The van der Waals surface area contributed by atoms with Gasteiger partial charge in [0, 0.05) is 12.6 Å². The SMILES string of the molecule is Cc1noc(CN2CCCNC(C(C)C)C2)n1. The summed E-state index contributed by atoms with van der Waals surface area (Å²) in [5.74, 6) is 2.10. The second-order valence-electron chi connectivity index (χ2n) is 5.13. The van der Waals surface area contributed by atoms with E-state index in [1.165, 1.54) is 6.42 Å². The lowest BCUT2D eigenvalue weighted by Gasteiger charge is -2.25. The van der Waals surface area contributed by atoms with Crippen molar-refractivity contribution in [3.63, 3.8) is 0 Å². The Bertz CT molecular complexity index is 350. The lowest BCUT2D eigenvalue weighted by molar-refractivity contribution is 0.209. The van der Waals surface area contributed by atoms with E-state index in [2.05, 4.69) is 34.2 Å². The first-order chi connectivity index (χ1) is 8.15. The van der Waals surface area contributed by atoms with Crippen LogP contribution in [0.3, 0.4) is 0 Å². The lowest BCUT2D eigenvalue weighted by Crippen LogP contribution is -2.41. The van der Waals surface area contributed by atoms with Crippen LogP contribution in [0.4, 0.5) is 0 Å². The molecule has 0 bridgehead atoms. The van der Waals surface area contributed by atoms with E-state index in [-0.39, 0.29) is 0 Å². The molecule has 0 amide bonds. The van der Waals surface area contributed by atoms with Gasteiger partial charge in [-0.3, -0.25) is 4.90 Å². The number of nitrogens with zero attached hydrogens (tertiary/aromatic N) is 3. The Labute approximate surface area is 103 Å². The Morgan fingerprint density at radius 2 is 2.35 bits per heavy atom. The van der Waals surface area contributed by atoms with Gasteiger partial charge in [0.15, 0.2) is 5.82 Å². The molecule has 1 aromatic heterocycles. The van der Waals surface area contributed by atoms with Gasteiger partial charge in [0.2, 0.25) is 5.89 Å². The summed E-state index contributed by atoms with van der Waals surface area (Å²) in [5, 5.41) is 7.42. The van der Waals surface area contributed by atoms with Crippen molar-refractivity contribution in [1.82, 2.24) is 20.4 Å². The van der Waals surface area contributed by atoms with E-state index in [4.69, 9.17) is 4.52 Å². The molecule has 0 spiro atoms. The van der Waals surface area contributed by atoms with Crippen molar-refractivity contribution in [2.45, 2.75) is 39.8 Å². The highest BCUT2D eigenvalue weighted by Crippen LogP contribution is 2.11. The molecule has 2 heterocycles. The normalized spacial score (nSPS) is 22.9. The minimum absolute atomic E-state index is 0.557. The van der Waals surface area contributed by atoms with Crippen LogP contribution < -0.4 is 5.32 Å². The van der Waals surface area contributed by atoms with Crippen molar-refractivity contribution >= 4 is 0 Å². The van der Waals surface area contributed by atoms with Crippen LogP contribution >= 0.6 is 0 Å². The number of aromatic nitrogens is 2. The fourth-order valence-corrected chi connectivity index (χ4v) is 2.21. The fourth-order valence-electron chi connectivity index (χ4n) is 2.21. The zero-order valence-corrected chi connectivity index (χ0v) is 10.9. The van der Waals surface area contributed by atoms with Gasteiger partial charge in [-0.05, 0) is 32.4 Å². The Morgan fingerprint density at radius 1 is 1.53 bits per heavy atom. The highest BCUT2D eigenvalue weighted by molar-refractivity contribution is 4.85. The summed E-state index contributed by atoms with van der Waals surface area (Å²) in [5.41, 5.74) is 0. The summed E-state index contributed by atoms with van der Waals surface area (Å²) < 4.78 is 5.18. The predicted molar refractivity (Wildman–Crippen MR) is 65.6 cm³/mol. The number of nitrogens with one attached hydrogen (secondary N) is 1. The summed E-state index contributed by atoms with van der Waals surface area (Å²) >= 11 is 0. The highest BCUT2D eigenvalue weighted by atomic mass is 16.5. The Morgan fingerprint density at radius 3 is 3.00 bits per heavy atom. The topological polar surface area (TPSA) is 54.2 Å². The molecule has 1 aromatic rings. The summed E-state index contributed by atoms with van der Waals surface area (Å²) in [6.45, 7) is 10.4. The first-order valence-electron chi connectivity index (χ1n) is 6.40. The Hall–Kier alpha value is -0.940. The van der Waals surface area contributed by atoms with Crippen LogP contribution in [0.5, 0.6) is 0 Å². The summed E-state index contributed by atoms with van der Waals surface area (Å²) in [4.78, 5) is 6.67. The molecular formula is C12H22N4O. The van der Waals surface area contributed by atoms with Crippen molar-refractivity contribution in [2.75, 3.05) is 19.6 Å². The first-order valence-corrected chi connectivity index (χ1v) is 6.40. The summed E-state index contributed by atoms with van der Waals surface area (Å²) in [6, 6.07) is 0.557. The standard InChI is InChI=1S/C12H22N4O/c1-9(2)11-7-16(6-4-5-13-11)8-12-14-10(3)15-17-12/h9,11,13H,4-8H2,1-3H3. The van der Waals surface area contributed by atoms with Crippen molar-refractivity contribution in [1.29, 1.82) is 0 Å². The molecule has 0 saturated carbocycles. The maximum absolute atomic E-state index is 5.18. The zero-order chi connectivity index (χ0) is 12.3. The van der Waals surface area contributed by atoms with Crippen molar-refractivity contribution < 1.29 is 4.52 Å². The van der Waals surface area contributed by atoms with E-state index >= 15 is 0 Å². The summed E-state index contributed by atoms with van der Waals surface area (Å²) in [7, 11) is 0. The number of rotatable bonds is 3. The van der Waals surface area contributed by atoms with E-state index in [0.29, 0.717) is 17.8 Å². The maximum atomic E-state index is 5.18. The molecule has 1 N–H and O–H groups in total. The molecular weight excluding hydrogens is 216 g/mol. The number of hydrogen-bond acceptors (Lipinski definition) is 5. The molecule has 5 nitrogen and oxygen atoms in total. The second-order valence-corrected chi connectivity index (χ2v) is 5.13. The van der Waals surface area contributed by atoms with Gasteiger partial charge in [0.05, 0.1) is 6.54 Å². The minimum atomic E-state index is 0.557. The third-order valence-corrected chi connectivity index (χ3v) is 3.25. The molecule has 96 valence electrons. The van der Waals surface area contributed by atoms with Crippen LogP contribution in [-0.2, 0) is 6.54 Å². The highest BCUT2D eigenvalue weighted by Gasteiger charge is 2.21. The van der Waals surface area contributed by atoms with Gasteiger partial charge in [0.1, 0.15) is 0 Å². The first kappa shape index (κ1) is 12.5. The average Bonchev–Trinajstić information content (AvgIpc) is 2.54. The van der Waals surface area contributed by atoms with Gasteiger partial charge >= 0.3 is 0 Å². The van der Waals surface area contributed by atoms with Gasteiger partial charge < -0.3 is 9.84 Å². The second kappa shape index (κ2) is 5.60. The van der Waals surface area contributed by atoms with Crippen molar-refractivity contribution in [3.8, 4) is 0 Å². The molecule has 1 atom stereocenters. The molecule has 0 radical (unpaired) electrons. The third kappa shape index (κ3) is 3.51. The van der Waals surface area contributed by atoms with Crippen LogP contribution in [0.15, 0.2) is 4.52 Å². The zero-order valence-electron chi connectivity index (χ0n) is 10.9. The van der Waals surface area contributed by atoms with Gasteiger partial charge in [0.25, 0.3) is 0 Å². The predicted octanol–water partition coefficient (Wildman–Crippen LogP) is 1.20. The van der Waals surface area contributed by atoms with Gasteiger partial charge in [-0.2, -0.15) is 4.98 Å². The van der Waals surface area contributed by atoms with Crippen LogP contribution in [0.1, 0.15) is 32.0 Å². The molecule has 1 unspecified atom stereocenters. The van der Waals surface area contributed by atoms with E-state index in [0.717, 1.165) is 32.1 Å². The third-order valence-electron chi connectivity index (χ3n) is 3.25. The molecule has 1 aliphatic heterocycles. The van der Waals surface area contributed by atoms with Crippen LogP contribution in [0.2, 0.25) is 0 Å². The smallest absolute Gasteiger partial charge is 0.240 e. The van der Waals surface area contributed by atoms with Crippen molar-refractivity contribution in [2.24, 2.45) is 5.92 Å². The minimum Gasteiger partial charge on any atom is -0.338 e. The molecule has 17 heavy (non-hydrogen) atoms. The van der Waals surface area contributed by atoms with Gasteiger partial charge in [-0.15, -0.1) is 0 Å². The van der Waals surface area contributed by atoms with E-state index in [1.54, 1.807) is 0 Å². The average molecular weight is 238 g/mol. The number of hydrogen-bond donors (Lipinski definition) is 1. The Balaban J connectivity index is 1.94. The van der Waals surface area contributed by atoms with Crippen LogP contribution in [0.25, 0.3) is 0 Å². The molecule has 0 aromatic carbocycles. The quantitative estimate of drug-likeness (QED) is 0.857. The monoisotopic (exact) mass is 238 g/mol. The summed E-state index contributed by atoms with van der Waals surface area (Å²) in [6.07, 6.45) is 1.18. The van der Waals surface area contributed by atoms with Crippen LogP contribution in [-0.4, -0.2) is 40.7 Å². The number of aryl methyl sites for hydroxylation is 1. The van der Waals surface area contributed by atoms with Gasteiger partial charge in [-0.1, -0.05) is 19.0 Å². The molecule has 1 fully saturated rings. The molecule has 1 aliphatic rings. The van der Waals surface area contributed by atoms with Crippen molar-refractivity contribution in [3.05, 3.63) is 11.7 Å². The van der Waals surface area contributed by atoms with Gasteiger partial charge in [-0.25, -0.2) is 0 Å². The molecule has 2 rings (SSSR count). The Kier molecular flexibility index (Phi) is 4.12. The largest absolute Gasteiger partial charge is 0.338 e. The van der Waals surface area contributed by atoms with Crippen LogP contribution in [0, 0.1) is 12.8 Å². The van der Waals surface area contributed by atoms with E-state index < -0.39 is 0 Å². The molecule has 5 heteroatoms. The molecule has 1 saturated heterocycles. The fraction of sp³-hybridized carbons (Fsp3) is 0.833. The van der Waals surface area contributed by atoms with E-state index in [1.807, 2.05) is 6.92 Å². The maximum Gasteiger partial charge on any atom is 0.240 e.